The summed E-state index contributed by atoms with van der Waals surface area (Å²) in [6.45, 7) is 10.3. The first-order valence-electron chi connectivity index (χ1n) is 7.93. The fourth-order valence-electron chi connectivity index (χ4n) is 1.91. The molecule has 8 heteroatoms. The molecule has 0 aliphatic heterocycles. The summed E-state index contributed by atoms with van der Waals surface area (Å²) >= 11 is 0. The van der Waals surface area contributed by atoms with Crippen LogP contribution in [-0.2, 0) is 19.1 Å². The molecule has 0 bridgehead atoms. The van der Waals surface area contributed by atoms with Crippen molar-refractivity contribution in [2.45, 2.75) is 71.8 Å². The maximum Gasteiger partial charge on any atom is 0.408 e. The van der Waals surface area contributed by atoms with E-state index in [9.17, 15) is 19.5 Å². The van der Waals surface area contributed by atoms with Crippen LogP contribution < -0.4 is 10.6 Å². The summed E-state index contributed by atoms with van der Waals surface area (Å²) < 4.78 is 9.71. The number of rotatable bonds is 7. The number of methoxy groups -OCH3 is 1. The Bertz CT molecular complexity index is 442. The highest BCUT2D eigenvalue weighted by molar-refractivity contribution is 5.89. The van der Waals surface area contributed by atoms with Crippen molar-refractivity contribution in [1.29, 1.82) is 0 Å². The summed E-state index contributed by atoms with van der Waals surface area (Å²) in [6, 6.07) is -2.11. The van der Waals surface area contributed by atoms with Gasteiger partial charge in [0.05, 0.1) is 13.2 Å². The van der Waals surface area contributed by atoms with Gasteiger partial charge in [0.1, 0.15) is 11.6 Å². The van der Waals surface area contributed by atoms with E-state index in [1.807, 2.05) is 13.8 Å². The van der Waals surface area contributed by atoms with Crippen molar-refractivity contribution in [3.8, 4) is 0 Å². The van der Waals surface area contributed by atoms with Gasteiger partial charge in [-0.1, -0.05) is 13.8 Å². The van der Waals surface area contributed by atoms with E-state index in [2.05, 4.69) is 15.4 Å². The fraction of sp³-hybridized carbons (Fsp3) is 0.812. The second-order valence-electron chi connectivity index (χ2n) is 7.08. The van der Waals surface area contributed by atoms with E-state index < -0.39 is 41.8 Å². The molecule has 0 rings (SSSR count). The molecule has 0 aliphatic rings. The summed E-state index contributed by atoms with van der Waals surface area (Å²) in [4.78, 5) is 36.0. The maximum absolute atomic E-state index is 12.4. The molecule has 0 aliphatic carbocycles. The second kappa shape index (κ2) is 9.46. The number of aliphatic hydroxyl groups is 1. The minimum absolute atomic E-state index is 0.110. The van der Waals surface area contributed by atoms with E-state index in [0.717, 1.165) is 7.11 Å². The van der Waals surface area contributed by atoms with Crippen LogP contribution in [0.15, 0.2) is 0 Å². The number of esters is 1. The molecule has 0 spiro atoms. The fourth-order valence-corrected chi connectivity index (χ4v) is 1.91. The molecule has 3 unspecified atom stereocenters. The van der Waals surface area contributed by atoms with E-state index in [0.29, 0.717) is 6.42 Å². The smallest absolute Gasteiger partial charge is 0.408 e. The molecule has 8 nitrogen and oxygen atoms in total. The average Bonchev–Trinajstić information content (AvgIpc) is 2.39. The first-order chi connectivity index (χ1) is 10.9. The third-order valence-corrected chi connectivity index (χ3v) is 2.95. The predicted molar refractivity (Wildman–Crippen MR) is 88.2 cm³/mol. The third kappa shape index (κ3) is 8.71. The van der Waals surface area contributed by atoms with Gasteiger partial charge in [0.25, 0.3) is 0 Å². The molecule has 3 N–H and O–H groups in total. The Morgan fingerprint density at radius 1 is 1.08 bits per heavy atom. The highest BCUT2D eigenvalue weighted by Gasteiger charge is 2.31. The summed E-state index contributed by atoms with van der Waals surface area (Å²) in [5.74, 6) is -1.25. The van der Waals surface area contributed by atoms with Gasteiger partial charge in [-0.15, -0.1) is 0 Å². The number of hydrogen-bond acceptors (Lipinski definition) is 6. The van der Waals surface area contributed by atoms with Gasteiger partial charge in [0.2, 0.25) is 5.91 Å². The Kier molecular flexibility index (Phi) is 8.74. The van der Waals surface area contributed by atoms with E-state index in [1.165, 1.54) is 6.92 Å². The van der Waals surface area contributed by atoms with Gasteiger partial charge in [-0.2, -0.15) is 0 Å². The molecule has 3 atom stereocenters. The van der Waals surface area contributed by atoms with Gasteiger partial charge < -0.3 is 25.2 Å². The number of nitrogens with one attached hydrogen (secondary N) is 2. The van der Waals surface area contributed by atoms with E-state index in [-0.39, 0.29) is 5.92 Å². The summed E-state index contributed by atoms with van der Waals surface area (Å²) in [6.07, 6.45) is -1.52. The summed E-state index contributed by atoms with van der Waals surface area (Å²) in [7, 11) is 1.16. The zero-order valence-electron chi connectivity index (χ0n) is 15.5. The Balaban J connectivity index is 5.05. The van der Waals surface area contributed by atoms with Crippen molar-refractivity contribution in [3.63, 3.8) is 0 Å². The molecule has 24 heavy (non-hydrogen) atoms. The van der Waals surface area contributed by atoms with Crippen molar-refractivity contribution in [2.24, 2.45) is 5.92 Å². The van der Waals surface area contributed by atoms with Crippen LogP contribution in [0.5, 0.6) is 0 Å². The highest BCUT2D eigenvalue weighted by Crippen LogP contribution is 2.10. The molecule has 2 amide bonds. The first kappa shape index (κ1) is 22.2. The molecule has 0 saturated carbocycles. The van der Waals surface area contributed by atoms with Gasteiger partial charge in [-0.3, -0.25) is 4.79 Å². The number of aliphatic hydroxyl groups excluding tert-OH is 1. The van der Waals surface area contributed by atoms with Crippen LogP contribution in [0.3, 0.4) is 0 Å². The van der Waals surface area contributed by atoms with Crippen LogP contribution in [0.25, 0.3) is 0 Å². The molecule has 0 fully saturated rings. The molecule has 0 aromatic rings. The molecule has 0 heterocycles. The Hall–Kier alpha value is -1.83. The number of carbonyl (C=O) groups excluding carboxylic acids is 3. The molecule has 0 aromatic carbocycles. The highest BCUT2D eigenvalue weighted by atomic mass is 16.6. The SMILES string of the molecule is COC(=O)C(NC(=O)C(CC(C)C)NC(=O)OC(C)(C)C)C(C)O. The summed E-state index contributed by atoms with van der Waals surface area (Å²) in [5.41, 5.74) is -0.697. The first-order valence-corrected chi connectivity index (χ1v) is 7.93. The van der Waals surface area contributed by atoms with Crippen LogP contribution in [0, 0.1) is 5.92 Å². The number of alkyl carbamates (subject to hydrolysis) is 1. The lowest BCUT2D eigenvalue weighted by molar-refractivity contribution is -0.148. The van der Waals surface area contributed by atoms with Gasteiger partial charge in [0, 0.05) is 0 Å². The quantitative estimate of drug-likeness (QED) is 0.592. The standard InChI is InChI=1S/C16H30N2O6/c1-9(2)8-11(17-15(22)24-16(4,5)6)13(20)18-12(10(3)19)14(21)23-7/h9-12,19H,8H2,1-7H3,(H,17,22)(H,18,20). The zero-order valence-corrected chi connectivity index (χ0v) is 15.5. The van der Waals surface area contributed by atoms with Crippen molar-refractivity contribution in [3.05, 3.63) is 0 Å². The van der Waals surface area contributed by atoms with Crippen LogP contribution >= 0.6 is 0 Å². The van der Waals surface area contributed by atoms with E-state index in [1.54, 1.807) is 20.8 Å². The van der Waals surface area contributed by atoms with Gasteiger partial charge in [-0.05, 0) is 40.0 Å². The number of ether oxygens (including phenoxy) is 2. The van der Waals surface area contributed by atoms with E-state index in [4.69, 9.17) is 4.74 Å². The molecular weight excluding hydrogens is 316 g/mol. The average molecular weight is 346 g/mol. The number of hydrogen-bond donors (Lipinski definition) is 3. The lowest BCUT2D eigenvalue weighted by Crippen LogP contribution is -2.55. The number of carbonyl (C=O) groups is 3. The molecular formula is C16H30N2O6. The van der Waals surface area contributed by atoms with Crippen LogP contribution in [0.4, 0.5) is 4.79 Å². The lowest BCUT2D eigenvalue weighted by Gasteiger charge is -2.26. The minimum atomic E-state index is -1.21. The number of amides is 2. The Labute approximate surface area is 143 Å². The molecule has 0 radical (unpaired) electrons. The Morgan fingerprint density at radius 2 is 1.62 bits per heavy atom. The molecule has 0 aromatic heterocycles. The predicted octanol–water partition coefficient (Wildman–Crippen LogP) is 0.964. The maximum atomic E-state index is 12.4. The zero-order chi connectivity index (χ0) is 19.1. The normalized spacial score (nSPS) is 15.2. The van der Waals surface area contributed by atoms with Crippen molar-refractivity contribution >= 4 is 18.0 Å². The van der Waals surface area contributed by atoms with Gasteiger partial charge in [-0.25, -0.2) is 9.59 Å². The van der Waals surface area contributed by atoms with Gasteiger partial charge >= 0.3 is 12.1 Å². The molecule has 140 valence electrons. The molecule has 0 saturated heterocycles. The largest absolute Gasteiger partial charge is 0.467 e. The lowest BCUT2D eigenvalue weighted by atomic mass is 10.0. The third-order valence-electron chi connectivity index (χ3n) is 2.95. The van der Waals surface area contributed by atoms with E-state index >= 15 is 0 Å². The van der Waals surface area contributed by atoms with Crippen LogP contribution in [-0.4, -0.2) is 54.0 Å². The van der Waals surface area contributed by atoms with Crippen molar-refractivity contribution in [1.82, 2.24) is 10.6 Å². The minimum Gasteiger partial charge on any atom is -0.467 e. The van der Waals surface area contributed by atoms with Crippen LogP contribution in [0.1, 0.15) is 48.0 Å². The van der Waals surface area contributed by atoms with Crippen LogP contribution in [0.2, 0.25) is 0 Å². The van der Waals surface area contributed by atoms with Crippen molar-refractivity contribution in [2.75, 3.05) is 7.11 Å². The summed E-state index contributed by atoms with van der Waals surface area (Å²) in [5, 5.41) is 14.5. The van der Waals surface area contributed by atoms with Crippen molar-refractivity contribution < 1.29 is 29.0 Å². The second-order valence-corrected chi connectivity index (χ2v) is 7.08. The van der Waals surface area contributed by atoms with Gasteiger partial charge in [0.15, 0.2) is 6.04 Å². The Morgan fingerprint density at radius 3 is 2.00 bits per heavy atom. The topological polar surface area (TPSA) is 114 Å². The monoisotopic (exact) mass is 346 g/mol.